The number of hydrogen-bond acceptors (Lipinski definition) is 1. The first-order valence-corrected chi connectivity index (χ1v) is 2.80. The Morgan fingerprint density at radius 1 is 1.50 bits per heavy atom. The Kier molecular flexibility index (Phi) is 3.33. The van der Waals surface area contributed by atoms with Gasteiger partial charge in [-0.1, -0.05) is 13.5 Å². The fourth-order valence-corrected chi connectivity index (χ4v) is 0.482. The minimum absolute atomic E-state index is 0. The summed E-state index contributed by atoms with van der Waals surface area (Å²) in [6.45, 7) is 2.02. The van der Waals surface area contributed by atoms with E-state index in [1.807, 2.05) is 19.2 Å². The van der Waals surface area contributed by atoms with E-state index < -0.39 is 0 Å². The predicted molar refractivity (Wildman–Crippen MR) is 37.7 cm³/mol. The maximum Gasteiger partial charge on any atom is 0.0257 e. The maximum atomic E-state index is 3.23. The van der Waals surface area contributed by atoms with Crippen LogP contribution in [0.2, 0.25) is 0 Å². The Morgan fingerprint density at radius 3 is 2.50 bits per heavy atom. The van der Waals surface area contributed by atoms with Gasteiger partial charge in [-0.3, -0.25) is 0 Å². The van der Waals surface area contributed by atoms with Gasteiger partial charge in [0.25, 0.3) is 0 Å². The molecule has 0 aromatic carbocycles. The number of allylic oxidation sites excluding steroid dienone is 1. The van der Waals surface area contributed by atoms with Crippen molar-refractivity contribution in [1.82, 2.24) is 5.32 Å². The van der Waals surface area contributed by atoms with E-state index in [9.17, 15) is 0 Å². The standard InChI is InChI=1S/C6H11N.CH4/c1-2-5-7-6-3-4-6;/h2,5-7H,3-4H2,1H3;1H4. The van der Waals surface area contributed by atoms with Crippen LogP contribution in [-0.4, -0.2) is 6.04 Å². The fraction of sp³-hybridized carbons (Fsp3) is 0.714. The zero-order chi connectivity index (χ0) is 5.11. The van der Waals surface area contributed by atoms with Crippen LogP contribution in [-0.2, 0) is 0 Å². The molecule has 8 heavy (non-hydrogen) atoms. The monoisotopic (exact) mass is 113 g/mol. The van der Waals surface area contributed by atoms with Gasteiger partial charge in [0.1, 0.15) is 0 Å². The molecule has 0 bridgehead atoms. The van der Waals surface area contributed by atoms with Crippen LogP contribution in [0.4, 0.5) is 0 Å². The summed E-state index contributed by atoms with van der Waals surface area (Å²) in [5, 5.41) is 3.23. The van der Waals surface area contributed by atoms with Crippen molar-refractivity contribution in [2.75, 3.05) is 0 Å². The van der Waals surface area contributed by atoms with Gasteiger partial charge in [0.2, 0.25) is 0 Å². The molecule has 0 heterocycles. The summed E-state index contributed by atoms with van der Waals surface area (Å²) in [5.41, 5.74) is 0. The highest BCUT2D eigenvalue weighted by Crippen LogP contribution is 2.18. The smallest absolute Gasteiger partial charge is 0.0257 e. The third-order valence-electron chi connectivity index (χ3n) is 1.08. The molecule has 1 N–H and O–H groups in total. The van der Waals surface area contributed by atoms with Crippen LogP contribution >= 0.6 is 0 Å². The van der Waals surface area contributed by atoms with Crippen LogP contribution in [0.15, 0.2) is 12.3 Å². The molecule has 0 radical (unpaired) electrons. The molecule has 0 aliphatic heterocycles. The summed E-state index contributed by atoms with van der Waals surface area (Å²) in [6.07, 6.45) is 6.77. The lowest BCUT2D eigenvalue weighted by Gasteiger charge is -1.89. The normalized spacial score (nSPS) is 18.1. The molecular formula is C7H15N. The lowest BCUT2D eigenvalue weighted by molar-refractivity contribution is 0.861. The van der Waals surface area contributed by atoms with Crippen molar-refractivity contribution < 1.29 is 0 Å². The zero-order valence-electron chi connectivity index (χ0n) is 4.65. The van der Waals surface area contributed by atoms with Gasteiger partial charge in [-0.15, -0.1) is 0 Å². The second-order valence-electron chi connectivity index (χ2n) is 1.94. The average molecular weight is 113 g/mol. The molecule has 1 heteroatoms. The molecule has 0 atom stereocenters. The Labute approximate surface area is 51.8 Å². The molecule has 1 saturated carbocycles. The zero-order valence-corrected chi connectivity index (χ0v) is 4.65. The minimum atomic E-state index is 0. The summed E-state index contributed by atoms with van der Waals surface area (Å²) in [4.78, 5) is 0. The van der Waals surface area contributed by atoms with Crippen molar-refractivity contribution in [2.45, 2.75) is 33.2 Å². The number of hydrogen-bond donors (Lipinski definition) is 1. The van der Waals surface area contributed by atoms with Crippen molar-refractivity contribution in [1.29, 1.82) is 0 Å². The van der Waals surface area contributed by atoms with E-state index in [1.54, 1.807) is 0 Å². The van der Waals surface area contributed by atoms with Crippen LogP contribution in [0.25, 0.3) is 0 Å². The lowest BCUT2D eigenvalue weighted by atomic mass is 10.6. The van der Waals surface area contributed by atoms with Crippen LogP contribution in [0.1, 0.15) is 27.2 Å². The molecule has 0 unspecified atom stereocenters. The van der Waals surface area contributed by atoms with E-state index in [-0.39, 0.29) is 7.43 Å². The molecule has 1 fully saturated rings. The molecule has 48 valence electrons. The molecule has 1 aliphatic rings. The Hall–Kier alpha value is -0.460. The quantitative estimate of drug-likeness (QED) is 0.576. The summed E-state index contributed by atoms with van der Waals surface area (Å²) < 4.78 is 0. The van der Waals surface area contributed by atoms with E-state index in [4.69, 9.17) is 0 Å². The van der Waals surface area contributed by atoms with Crippen LogP contribution < -0.4 is 5.32 Å². The highest BCUT2D eigenvalue weighted by Gasteiger charge is 2.18. The van der Waals surface area contributed by atoms with Crippen molar-refractivity contribution in [2.24, 2.45) is 0 Å². The SMILES string of the molecule is C.CC=CNC1CC1. The number of rotatable bonds is 2. The minimum Gasteiger partial charge on any atom is -0.388 e. The highest BCUT2D eigenvalue weighted by atomic mass is 14.9. The molecule has 1 nitrogen and oxygen atoms in total. The third-order valence-corrected chi connectivity index (χ3v) is 1.08. The molecule has 0 aromatic heterocycles. The van der Waals surface area contributed by atoms with Crippen LogP contribution in [0.3, 0.4) is 0 Å². The van der Waals surface area contributed by atoms with E-state index >= 15 is 0 Å². The molecule has 0 spiro atoms. The first-order chi connectivity index (χ1) is 3.43. The van der Waals surface area contributed by atoms with E-state index in [0.717, 1.165) is 6.04 Å². The van der Waals surface area contributed by atoms with E-state index in [1.165, 1.54) is 12.8 Å². The molecular weight excluding hydrogens is 98.1 g/mol. The molecule has 0 saturated heterocycles. The van der Waals surface area contributed by atoms with E-state index in [2.05, 4.69) is 5.32 Å². The van der Waals surface area contributed by atoms with Gasteiger partial charge in [0, 0.05) is 6.04 Å². The van der Waals surface area contributed by atoms with Crippen molar-refractivity contribution in [3.05, 3.63) is 12.3 Å². The van der Waals surface area contributed by atoms with Crippen molar-refractivity contribution in [3.8, 4) is 0 Å². The lowest BCUT2D eigenvalue weighted by Crippen LogP contribution is -2.05. The van der Waals surface area contributed by atoms with Gasteiger partial charge in [-0.2, -0.15) is 0 Å². The molecule has 1 aliphatic carbocycles. The second-order valence-corrected chi connectivity index (χ2v) is 1.94. The Balaban J connectivity index is 0.000000490. The summed E-state index contributed by atoms with van der Waals surface area (Å²) in [5.74, 6) is 0. The predicted octanol–water partition coefficient (Wildman–Crippen LogP) is 1.91. The van der Waals surface area contributed by atoms with Gasteiger partial charge >= 0.3 is 0 Å². The number of nitrogens with one attached hydrogen (secondary N) is 1. The molecule has 0 aromatic rings. The first kappa shape index (κ1) is 7.54. The maximum absolute atomic E-state index is 3.23. The largest absolute Gasteiger partial charge is 0.388 e. The van der Waals surface area contributed by atoms with Gasteiger partial charge in [0.15, 0.2) is 0 Å². The molecule has 0 amide bonds. The van der Waals surface area contributed by atoms with Gasteiger partial charge in [0.05, 0.1) is 0 Å². The second kappa shape index (κ2) is 3.53. The Morgan fingerprint density at radius 2 is 2.12 bits per heavy atom. The van der Waals surface area contributed by atoms with Crippen molar-refractivity contribution in [3.63, 3.8) is 0 Å². The molecule has 1 rings (SSSR count). The Bertz CT molecular complexity index is 72.5. The van der Waals surface area contributed by atoms with Gasteiger partial charge < -0.3 is 5.32 Å². The first-order valence-electron chi connectivity index (χ1n) is 2.80. The van der Waals surface area contributed by atoms with Crippen molar-refractivity contribution >= 4 is 0 Å². The average Bonchev–Trinajstić information content (AvgIpc) is 2.42. The van der Waals surface area contributed by atoms with E-state index in [0.29, 0.717) is 0 Å². The summed E-state index contributed by atoms with van der Waals surface area (Å²) in [7, 11) is 0. The highest BCUT2D eigenvalue weighted by molar-refractivity contribution is 4.87. The fourth-order valence-electron chi connectivity index (χ4n) is 0.482. The van der Waals surface area contributed by atoms with Gasteiger partial charge in [-0.05, 0) is 26.0 Å². The van der Waals surface area contributed by atoms with Crippen LogP contribution in [0.5, 0.6) is 0 Å². The van der Waals surface area contributed by atoms with Gasteiger partial charge in [-0.25, -0.2) is 0 Å². The summed E-state index contributed by atoms with van der Waals surface area (Å²) >= 11 is 0. The summed E-state index contributed by atoms with van der Waals surface area (Å²) in [6, 6.07) is 0.816. The van der Waals surface area contributed by atoms with Crippen LogP contribution in [0, 0.1) is 0 Å². The third kappa shape index (κ3) is 2.67. The topological polar surface area (TPSA) is 12.0 Å².